The molecular formula is C58H113NO5. The number of rotatable bonds is 54. The fourth-order valence-electron chi connectivity index (χ4n) is 9.11. The van der Waals surface area contributed by atoms with Gasteiger partial charge in [-0.05, 0) is 51.4 Å². The molecule has 0 rings (SSSR count). The minimum Gasteiger partial charge on any atom is -0.466 e. The van der Waals surface area contributed by atoms with Crippen LogP contribution in [0.2, 0.25) is 0 Å². The average molecular weight is 905 g/mol. The lowest BCUT2D eigenvalue weighted by atomic mass is 10.0. The van der Waals surface area contributed by atoms with E-state index in [0.29, 0.717) is 25.9 Å². The number of carbonyl (C=O) groups excluding carboxylic acids is 2. The van der Waals surface area contributed by atoms with Crippen molar-refractivity contribution in [3.05, 3.63) is 12.2 Å². The summed E-state index contributed by atoms with van der Waals surface area (Å²) in [5, 5.41) is 23.1. The molecule has 2 unspecified atom stereocenters. The van der Waals surface area contributed by atoms with Crippen molar-refractivity contribution in [3.8, 4) is 0 Å². The van der Waals surface area contributed by atoms with Gasteiger partial charge in [0, 0.05) is 12.8 Å². The van der Waals surface area contributed by atoms with Gasteiger partial charge in [0.1, 0.15) is 0 Å². The third kappa shape index (κ3) is 50.0. The molecule has 0 heterocycles. The van der Waals surface area contributed by atoms with E-state index in [2.05, 4.69) is 31.3 Å². The van der Waals surface area contributed by atoms with Gasteiger partial charge in [0.05, 0.1) is 25.4 Å². The summed E-state index contributed by atoms with van der Waals surface area (Å²) in [5.41, 5.74) is 0. The molecule has 6 heteroatoms. The Bertz CT molecular complexity index is 955. The van der Waals surface area contributed by atoms with E-state index in [-0.39, 0.29) is 18.5 Å². The third-order valence-electron chi connectivity index (χ3n) is 13.6. The number of nitrogens with one attached hydrogen (secondary N) is 1. The van der Waals surface area contributed by atoms with Crippen molar-refractivity contribution < 1.29 is 24.5 Å². The van der Waals surface area contributed by atoms with E-state index < -0.39 is 12.1 Å². The van der Waals surface area contributed by atoms with Crippen LogP contribution in [-0.4, -0.2) is 47.4 Å². The van der Waals surface area contributed by atoms with Crippen molar-refractivity contribution in [2.24, 2.45) is 0 Å². The van der Waals surface area contributed by atoms with Crippen LogP contribution in [0.15, 0.2) is 12.2 Å². The minimum atomic E-state index is -0.659. The molecule has 0 bridgehead atoms. The molecule has 1 amide bonds. The topological polar surface area (TPSA) is 95.9 Å². The highest BCUT2D eigenvalue weighted by Crippen LogP contribution is 2.18. The molecule has 0 aliphatic carbocycles. The summed E-state index contributed by atoms with van der Waals surface area (Å²) in [4.78, 5) is 24.4. The first kappa shape index (κ1) is 62.6. The number of ether oxygens (including phenoxy) is 1. The predicted molar refractivity (Wildman–Crippen MR) is 278 cm³/mol. The van der Waals surface area contributed by atoms with Crippen LogP contribution in [-0.2, 0) is 14.3 Å². The molecule has 380 valence electrons. The zero-order valence-electron chi connectivity index (χ0n) is 43.3. The molecule has 64 heavy (non-hydrogen) atoms. The predicted octanol–water partition coefficient (Wildman–Crippen LogP) is 17.7. The van der Waals surface area contributed by atoms with Gasteiger partial charge in [0.15, 0.2) is 0 Å². The maximum atomic E-state index is 12.4. The maximum Gasteiger partial charge on any atom is 0.305 e. The van der Waals surface area contributed by atoms with Crippen LogP contribution >= 0.6 is 0 Å². The van der Waals surface area contributed by atoms with Gasteiger partial charge in [0.2, 0.25) is 5.91 Å². The Morgan fingerprint density at radius 2 is 0.734 bits per heavy atom. The molecule has 0 radical (unpaired) electrons. The van der Waals surface area contributed by atoms with Gasteiger partial charge in [-0.15, -0.1) is 0 Å². The fourth-order valence-corrected chi connectivity index (χ4v) is 9.11. The molecule has 0 fully saturated rings. The molecule has 0 spiro atoms. The number of aliphatic hydroxyl groups is 2. The van der Waals surface area contributed by atoms with Crippen LogP contribution in [0, 0.1) is 0 Å². The molecule has 2 atom stereocenters. The lowest BCUT2D eigenvalue weighted by Gasteiger charge is -2.22. The zero-order valence-corrected chi connectivity index (χ0v) is 43.3. The molecule has 0 aromatic rings. The smallest absolute Gasteiger partial charge is 0.305 e. The number of aliphatic hydroxyl groups excluding tert-OH is 2. The summed E-state index contributed by atoms with van der Waals surface area (Å²) in [5.74, 6) is -0.0269. The van der Waals surface area contributed by atoms with Crippen molar-refractivity contribution in [2.45, 2.75) is 334 Å². The van der Waals surface area contributed by atoms with Gasteiger partial charge in [-0.2, -0.15) is 0 Å². The van der Waals surface area contributed by atoms with Crippen LogP contribution in [0.3, 0.4) is 0 Å². The summed E-state index contributed by atoms with van der Waals surface area (Å²) >= 11 is 0. The standard InChI is InChI=1S/C58H113NO5/c1-3-5-7-9-11-13-14-32-36-40-44-48-52-58(63)64-53-49-45-41-37-33-30-28-26-24-22-20-18-16-15-17-19-21-23-25-27-29-31-35-39-43-47-51-57(62)59-55(54-60)56(61)50-46-42-38-34-12-10-8-6-4-2/h11,13,55-56,60-61H,3-10,12,14-54H2,1-2H3,(H,59,62)/b13-11-. The van der Waals surface area contributed by atoms with Crippen molar-refractivity contribution in [1.82, 2.24) is 5.32 Å². The van der Waals surface area contributed by atoms with Gasteiger partial charge in [0.25, 0.3) is 0 Å². The second-order valence-corrected chi connectivity index (χ2v) is 20.0. The molecule has 0 aliphatic heterocycles. The largest absolute Gasteiger partial charge is 0.466 e. The monoisotopic (exact) mass is 904 g/mol. The Labute approximate surface area is 399 Å². The molecule has 3 N–H and O–H groups in total. The fraction of sp³-hybridized carbons (Fsp3) is 0.931. The first-order valence-corrected chi connectivity index (χ1v) is 28.9. The SMILES string of the molecule is CCCCC/C=C\CCCCCCCC(=O)OCCCCCCCCCCCCCCCCCCCCCCCCCCCCC(=O)NC(CO)C(O)CCCCCCCCCCC. The lowest BCUT2D eigenvalue weighted by Crippen LogP contribution is -2.45. The highest BCUT2D eigenvalue weighted by atomic mass is 16.5. The summed E-state index contributed by atoms with van der Waals surface area (Å²) in [7, 11) is 0. The van der Waals surface area contributed by atoms with E-state index in [1.54, 1.807) is 0 Å². The maximum absolute atomic E-state index is 12.4. The Kier molecular flexibility index (Phi) is 53.0. The van der Waals surface area contributed by atoms with E-state index in [1.165, 1.54) is 244 Å². The Balaban J connectivity index is 3.32. The lowest BCUT2D eigenvalue weighted by molar-refractivity contribution is -0.143. The summed E-state index contributed by atoms with van der Waals surface area (Å²) in [6, 6.07) is -0.536. The first-order valence-electron chi connectivity index (χ1n) is 28.9. The summed E-state index contributed by atoms with van der Waals surface area (Å²) in [6.45, 7) is 4.92. The van der Waals surface area contributed by atoms with Crippen LogP contribution in [0.25, 0.3) is 0 Å². The second kappa shape index (κ2) is 54.2. The van der Waals surface area contributed by atoms with E-state index in [9.17, 15) is 19.8 Å². The van der Waals surface area contributed by atoms with Crippen LogP contribution in [0.5, 0.6) is 0 Å². The number of hydrogen-bond acceptors (Lipinski definition) is 5. The van der Waals surface area contributed by atoms with Crippen molar-refractivity contribution >= 4 is 11.9 Å². The summed E-state index contributed by atoms with van der Waals surface area (Å²) < 4.78 is 5.46. The zero-order chi connectivity index (χ0) is 46.5. The number of hydrogen-bond donors (Lipinski definition) is 3. The molecular weight excluding hydrogens is 791 g/mol. The van der Waals surface area contributed by atoms with E-state index in [4.69, 9.17) is 4.74 Å². The average Bonchev–Trinajstić information content (AvgIpc) is 3.29. The van der Waals surface area contributed by atoms with Gasteiger partial charge >= 0.3 is 5.97 Å². The number of unbranched alkanes of at least 4 members (excludes halogenated alkanes) is 41. The highest BCUT2D eigenvalue weighted by Gasteiger charge is 2.20. The van der Waals surface area contributed by atoms with E-state index >= 15 is 0 Å². The Morgan fingerprint density at radius 3 is 1.14 bits per heavy atom. The number of allylic oxidation sites excluding steroid dienone is 2. The number of esters is 1. The third-order valence-corrected chi connectivity index (χ3v) is 13.6. The first-order chi connectivity index (χ1) is 31.5. The van der Waals surface area contributed by atoms with E-state index in [0.717, 1.165) is 44.9 Å². The molecule has 0 saturated heterocycles. The van der Waals surface area contributed by atoms with Gasteiger partial charge in [-0.25, -0.2) is 0 Å². The molecule has 0 saturated carbocycles. The molecule has 0 aromatic carbocycles. The quantitative estimate of drug-likeness (QED) is 0.0321. The van der Waals surface area contributed by atoms with Crippen molar-refractivity contribution in [1.29, 1.82) is 0 Å². The Hall–Kier alpha value is -1.40. The number of carbonyl (C=O) groups is 2. The molecule has 0 aromatic heterocycles. The van der Waals surface area contributed by atoms with Gasteiger partial charge < -0.3 is 20.3 Å². The van der Waals surface area contributed by atoms with Gasteiger partial charge in [-0.3, -0.25) is 9.59 Å². The van der Waals surface area contributed by atoms with Crippen LogP contribution in [0.1, 0.15) is 322 Å². The van der Waals surface area contributed by atoms with Crippen LogP contribution in [0.4, 0.5) is 0 Å². The van der Waals surface area contributed by atoms with Crippen molar-refractivity contribution in [2.75, 3.05) is 13.2 Å². The Morgan fingerprint density at radius 1 is 0.422 bits per heavy atom. The van der Waals surface area contributed by atoms with Crippen molar-refractivity contribution in [3.63, 3.8) is 0 Å². The minimum absolute atomic E-state index is 0.00727. The number of amides is 1. The summed E-state index contributed by atoms with van der Waals surface area (Å²) in [6.07, 6.45) is 63.7. The molecule has 6 nitrogen and oxygen atoms in total. The second-order valence-electron chi connectivity index (χ2n) is 20.0. The highest BCUT2D eigenvalue weighted by molar-refractivity contribution is 5.76. The normalized spacial score (nSPS) is 12.6. The van der Waals surface area contributed by atoms with E-state index in [1.807, 2.05) is 0 Å². The van der Waals surface area contributed by atoms with Crippen LogP contribution < -0.4 is 5.32 Å². The van der Waals surface area contributed by atoms with Gasteiger partial charge in [-0.1, -0.05) is 270 Å². The molecule has 0 aliphatic rings.